The lowest BCUT2D eigenvalue weighted by Gasteiger charge is -2.30. The van der Waals surface area contributed by atoms with E-state index in [1.165, 1.54) is 0 Å². The van der Waals surface area contributed by atoms with E-state index in [-0.39, 0.29) is 6.03 Å². The van der Waals surface area contributed by atoms with Gasteiger partial charge in [0.15, 0.2) is 0 Å². The van der Waals surface area contributed by atoms with Crippen LogP contribution in [0, 0.1) is 0 Å². The normalized spacial score (nSPS) is 13.1. The van der Waals surface area contributed by atoms with Gasteiger partial charge in [0.2, 0.25) is 0 Å². The third-order valence-electron chi connectivity index (χ3n) is 4.22. The summed E-state index contributed by atoms with van der Waals surface area (Å²) in [6, 6.07) is 9.39. The third kappa shape index (κ3) is 3.16. The van der Waals surface area contributed by atoms with E-state index in [4.69, 9.17) is 4.74 Å². The lowest BCUT2D eigenvalue weighted by molar-refractivity contribution is 0.203. The number of pyridine rings is 1. The van der Waals surface area contributed by atoms with Crippen LogP contribution in [-0.4, -0.2) is 33.0 Å². The SMILES string of the molecule is COc1ccc(CN2Cc3c(Nc4cnc[nH]4)ccnc3NC2=O)cc1. The van der Waals surface area contributed by atoms with E-state index in [9.17, 15) is 4.79 Å². The van der Waals surface area contributed by atoms with Crippen molar-refractivity contribution in [2.45, 2.75) is 13.1 Å². The highest BCUT2D eigenvalue weighted by atomic mass is 16.5. The second kappa shape index (κ2) is 6.75. The van der Waals surface area contributed by atoms with Crippen LogP contribution in [0.25, 0.3) is 0 Å². The summed E-state index contributed by atoms with van der Waals surface area (Å²) in [5, 5.41) is 6.13. The molecule has 4 rings (SSSR count). The number of urea groups is 1. The monoisotopic (exact) mass is 350 g/mol. The van der Waals surface area contributed by atoms with E-state index in [2.05, 4.69) is 25.6 Å². The van der Waals surface area contributed by atoms with E-state index >= 15 is 0 Å². The maximum Gasteiger partial charge on any atom is 0.323 e. The molecule has 8 nitrogen and oxygen atoms in total. The van der Waals surface area contributed by atoms with Crippen LogP contribution in [0.5, 0.6) is 5.75 Å². The first-order valence-electron chi connectivity index (χ1n) is 8.15. The molecule has 1 aromatic carbocycles. The summed E-state index contributed by atoms with van der Waals surface area (Å²) in [7, 11) is 1.63. The molecular weight excluding hydrogens is 332 g/mol. The standard InChI is InChI=1S/C18H18N6O2/c1-26-13-4-2-12(3-5-13)9-24-10-14-15(22-16-8-19-11-21-16)6-7-20-17(14)23-18(24)25/h2-8,11H,9-10H2,1H3,(H,19,21)(H2,20,22,23,25). The summed E-state index contributed by atoms with van der Waals surface area (Å²) in [5.74, 6) is 2.14. The molecule has 0 spiro atoms. The van der Waals surface area contributed by atoms with Crippen molar-refractivity contribution in [3.05, 3.63) is 60.2 Å². The van der Waals surface area contributed by atoms with Crippen molar-refractivity contribution < 1.29 is 9.53 Å². The largest absolute Gasteiger partial charge is 0.497 e. The van der Waals surface area contributed by atoms with Crippen molar-refractivity contribution in [3.8, 4) is 5.75 Å². The number of imidazole rings is 1. The zero-order valence-electron chi connectivity index (χ0n) is 14.2. The molecule has 3 heterocycles. The van der Waals surface area contributed by atoms with Crippen LogP contribution in [0.1, 0.15) is 11.1 Å². The number of rotatable bonds is 5. The van der Waals surface area contributed by atoms with Gasteiger partial charge in [-0.3, -0.25) is 5.32 Å². The van der Waals surface area contributed by atoms with Gasteiger partial charge in [-0.15, -0.1) is 0 Å². The molecule has 0 aliphatic carbocycles. The number of nitrogens with one attached hydrogen (secondary N) is 3. The highest BCUT2D eigenvalue weighted by Gasteiger charge is 2.25. The maximum atomic E-state index is 12.4. The molecule has 1 aliphatic heterocycles. The molecule has 132 valence electrons. The molecule has 3 aromatic rings. The van der Waals surface area contributed by atoms with Crippen LogP contribution in [0.4, 0.5) is 22.1 Å². The van der Waals surface area contributed by atoms with Gasteiger partial charge in [-0.25, -0.2) is 14.8 Å². The van der Waals surface area contributed by atoms with Crippen molar-refractivity contribution in [1.29, 1.82) is 0 Å². The van der Waals surface area contributed by atoms with Crippen LogP contribution < -0.4 is 15.4 Å². The third-order valence-corrected chi connectivity index (χ3v) is 4.22. The average Bonchev–Trinajstić information content (AvgIpc) is 3.17. The number of H-pyrrole nitrogens is 1. The number of fused-ring (bicyclic) bond motifs is 1. The van der Waals surface area contributed by atoms with E-state index in [0.717, 1.165) is 28.4 Å². The second-order valence-electron chi connectivity index (χ2n) is 5.91. The van der Waals surface area contributed by atoms with Gasteiger partial charge >= 0.3 is 6.03 Å². The summed E-state index contributed by atoms with van der Waals surface area (Å²) < 4.78 is 5.17. The minimum atomic E-state index is -0.167. The fraction of sp³-hybridized carbons (Fsp3) is 0.167. The smallest absolute Gasteiger partial charge is 0.323 e. The Balaban J connectivity index is 1.56. The van der Waals surface area contributed by atoms with Gasteiger partial charge in [0.25, 0.3) is 0 Å². The van der Waals surface area contributed by atoms with E-state index in [0.29, 0.717) is 18.9 Å². The summed E-state index contributed by atoms with van der Waals surface area (Å²) >= 11 is 0. The topological polar surface area (TPSA) is 95.2 Å². The van der Waals surface area contributed by atoms with Crippen molar-refractivity contribution in [3.63, 3.8) is 0 Å². The predicted octanol–water partition coefficient (Wildman–Crippen LogP) is 3.10. The van der Waals surface area contributed by atoms with Crippen molar-refractivity contribution in [2.75, 3.05) is 17.7 Å². The number of aromatic amines is 1. The Morgan fingerprint density at radius 2 is 2.12 bits per heavy atom. The van der Waals surface area contributed by atoms with Crippen molar-refractivity contribution >= 4 is 23.4 Å². The van der Waals surface area contributed by atoms with Gasteiger partial charge < -0.3 is 19.9 Å². The Bertz CT molecular complexity index is 908. The molecule has 0 bridgehead atoms. The molecule has 0 radical (unpaired) electrons. The average molecular weight is 350 g/mol. The number of amides is 2. The number of carbonyl (C=O) groups excluding carboxylic acids is 1. The molecule has 0 saturated carbocycles. The van der Waals surface area contributed by atoms with E-state index in [1.807, 2.05) is 30.3 Å². The summed E-state index contributed by atoms with van der Waals surface area (Å²) in [6.07, 6.45) is 4.97. The predicted molar refractivity (Wildman–Crippen MR) is 97.4 cm³/mol. The first kappa shape index (κ1) is 15.9. The van der Waals surface area contributed by atoms with Crippen LogP contribution in [0.2, 0.25) is 0 Å². The Morgan fingerprint density at radius 1 is 1.27 bits per heavy atom. The zero-order valence-corrected chi connectivity index (χ0v) is 14.2. The number of benzene rings is 1. The number of hydrogen-bond acceptors (Lipinski definition) is 5. The van der Waals surface area contributed by atoms with Crippen LogP contribution in [0.15, 0.2) is 49.1 Å². The molecule has 1 aliphatic rings. The summed E-state index contributed by atoms with van der Waals surface area (Å²) in [4.78, 5) is 25.5. The minimum Gasteiger partial charge on any atom is -0.497 e. The first-order chi connectivity index (χ1) is 12.7. The van der Waals surface area contributed by atoms with Crippen LogP contribution in [-0.2, 0) is 13.1 Å². The van der Waals surface area contributed by atoms with Gasteiger partial charge in [-0.05, 0) is 23.8 Å². The maximum absolute atomic E-state index is 12.4. The van der Waals surface area contributed by atoms with Crippen molar-refractivity contribution in [2.24, 2.45) is 0 Å². The van der Waals surface area contributed by atoms with Gasteiger partial charge in [0.1, 0.15) is 17.4 Å². The summed E-state index contributed by atoms with van der Waals surface area (Å²) in [6.45, 7) is 0.950. The quantitative estimate of drug-likeness (QED) is 0.657. The Hall–Kier alpha value is -3.55. The van der Waals surface area contributed by atoms with E-state index < -0.39 is 0 Å². The molecule has 26 heavy (non-hydrogen) atoms. The number of aromatic nitrogens is 3. The Morgan fingerprint density at radius 3 is 2.85 bits per heavy atom. The minimum absolute atomic E-state index is 0.167. The Labute approximate surface area is 150 Å². The van der Waals surface area contributed by atoms with Gasteiger partial charge in [-0.2, -0.15) is 0 Å². The van der Waals surface area contributed by atoms with E-state index in [1.54, 1.807) is 30.7 Å². The number of anilines is 3. The highest BCUT2D eigenvalue weighted by Crippen LogP contribution is 2.30. The van der Waals surface area contributed by atoms with Gasteiger partial charge in [-0.1, -0.05) is 12.1 Å². The fourth-order valence-electron chi connectivity index (χ4n) is 2.87. The molecule has 0 saturated heterocycles. The number of ether oxygens (including phenoxy) is 1. The molecule has 0 unspecified atom stereocenters. The zero-order chi connectivity index (χ0) is 17.9. The van der Waals surface area contributed by atoms with Gasteiger partial charge in [0, 0.05) is 24.0 Å². The molecule has 0 atom stereocenters. The molecule has 2 aromatic heterocycles. The first-order valence-corrected chi connectivity index (χ1v) is 8.15. The number of hydrogen-bond donors (Lipinski definition) is 3. The van der Waals surface area contributed by atoms with Crippen LogP contribution in [0.3, 0.4) is 0 Å². The fourth-order valence-corrected chi connectivity index (χ4v) is 2.87. The highest BCUT2D eigenvalue weighted by molar-refractivity contribution is 5.92. The molecule has 2 amide bonds. The van der Waals surface area contributed by atoms with Crippen molar-refractivity contribution in [1.82, 2.24) is 19.9 Å². The summed E-state index contributed by atoms with van der Waals surface area (Å²) in [5.41, 5.74) is 2.82. The molecule has 0 fully saturated rings. The molecule has 8 heteroatoms. The Kier molecular flexibility index (Phi) is 4.14. The number of carbonyl (C=O) groups is 1. The van der Waals surface area contributed by atoms with Gasteiger partial charge in [0.05, 0.1) is 26.2 Å². The number of methoxy groups -OCH3 is 1. The lowest BCUT2D eigenvalue weighted by Crippen LogP contribution is -2.38. The van der Waals surface area contributed by atoms with Crippen LogP contribution >= 0.6 is 0 Å². The second-order valence-corrected chi connectivity index (χ2v) is 5.91. The molecular formula is C18H18N6O2. The molecule has 3 N–H and O–H groups in total. The number of nitrogens with zero attached hydrogens (tertiary/aromatic N) is 3. The lowest BCUT2D eigenvalue weighted by atomic mass is 10.1.